The first-order chi connectivity index (χ1) is 7.61. The normalized spacial score (nSPS) is 10.8. The Labute approximate surface area is 111 Å². The molecule has 84 valence electrons. The van der Waals surface area contributed by atoms with Crippen LogP contribution in [-0.4, -0.2) is 10.1 Å². The third-order valence-corrected chi connectivity index (χ3v) is 4.00. The summed E-state index contributed by atoms with van der Waals surface area (Å²) in [5, 5.41) is 9.94. The van der Waals surface area contributed by atoms with E-state index in [9.17, 15) is 5.11 Å². The maximum absolute atomic E-state index is 9.27. The number of halogens is 2. The molecular formula is C11H9BrClNOS. The number of aromatic nitrogens is 1. The lowest BCUT2D eigenvalue weighted by atomic mass is 10.1. The number of hydrogen-bond donors (Lipinski definition) is 1. The van der Waals surface area contributed by atoms with Gasteiger partial charge in [0.1, 0.15) is 0 Å². The summed E-state index contributed by atoms with van der Waals surface area (Å²) >= 11 is 10.7. The van der Waals surface area contributed by atoms with Crippen molar-refractivity contribution in [3.05, 3.63) is 37.6 Å². The SMILES string of the molecule is Cc1ccc(Cl)cc1-c1nc(Br)sc1CO. The summed E-state index contributed by atoms with van der Waals surface area (Å²) in [5.41, 5.74) is 2.87. The van der Waals surface area contributed by atoms with Crippen molar-refractivity contribution in [3.8, 4) is 11.3 Å². The van der Waals surface area contributed by atoms with Gasteiger partial charge in [0.25, 0.3) is 0 Å². The summed E-state index contributed by atoms with van der Waals surface area (Å²) in [6, 6.07) is 5.67. The van der Waals surface area contributed by atoms with E-state index in [1.165, 1.54) is 11.3 Å². The van der Waals surface area contributed by atoms with Crippen molar-refractivity contribution >= 4 is 38.9 Å². The van der Waals surface area contributed by atoms with Crippen LogP contribution in [0.1, 0.15) is 10.4 Å². The van der Waals surface area contributed by atoms with Crippen LogP contribution < -0.4 is 0 Å². The smallest absolute Gasteiger partial charge is 0.160 e. The summed E-state index contributed by atoms with van der Waals surface area (Å²) < 4.78 is 0.769. The van der Waals surface area contributed by atoms with Crippen molar-refractivity contribution in [1.82, 2.24) is 4.98 Å². The van der Waals surface area contributed by atoms with Crippen LogP contribution in [0.15, 0.2) is 22.1 Å². The molecule has 0 aliphatic rings. The minimum absolute atomic E-state index is 0.00937. The molecule has 0 aliphatic heterocycles. The zero-order valence-electron chi connectivity index (χ0n) is 8.50. The fourth-order valence-electron chi connectivity index (χ4n) is 1.49. The summed E-state index contributed by atoms with van der Waals surface area (Å²) in [4.78, 5) is 5.21. The van der Waals surface area contributed by atoms with E-state index in [1.54, 1.807) is 0 Å². The molecule has 0 saturated heterocycles. The van der Waals surface area contributed by atoms with Crippen LogP contribution in [0.3, 0.4) is 0 Å². The van der Waals surface area contributed by atoms with Gasteiger partial charge in [0.05, 0.1) is 17.2 Å². The van der Waals surface area contributed by atoms with Gasteiger partial charge in [-0.05, 0) is 40.5 Å². The second kappa shape index (κ2) is 4.84. The molecule has 1 aromatic heterocycles. The highest BCUT2D eigenvalue weighted by molar-refractivity contribution is 9.11. The highest BCUT2D eigenvalue weighted by atomic mass is 79.9. The molecule has 2 aromatic rings. The molecule has 0 aliphatic carbocycles. The molecule has 0 unspecified atom stereocenters. The van der Waals surface area contributed by atoms with Gasteiger partial charge in [0, 0.05) is 10.6 Å². The van der Waals surface area contributed by atoms with Crippen LogP contribution in [0.4, 0.5) is 0 Å². The number of hydrogen-bond acceptors (Lipinski definition) is 3. The Balaban J connectivity index is 2.61. The van der Waals surface area contributed by atoms with E-state index >= 15 is 0 Å². The predicted molar refractivity (Wildman–Crippen MR) is 70.9 cm³/mol. The van der Waals surface area contributed by atoms with Crippen molar-refractivity contribution in [2.75, 3.05) is 0 Å². The van der Waals surface area contributed by atoms with Crippen molar-refractivity contribution < 1.29 is 5.11 Å². The van der Waals surface area contributed by atoms with E-state index in [0.29, 0.717) is 5.02 Å². The number of nitrogens with zero attached hydrogens (tertiary/aromatic N) is 1. The van der Waals surface area contributed by atoms with E-state index in [4.69, 9.17) is 11.6 Å². The molecular weight excluding hydrogens is 310 g/mol. The van der Waals surface area contributed by atoms with Gasteiger partial charge in [-0.15, -0.1) is 11.3 Å². The van der Waals surface area contributed by atoms with E-state index in [-0.39, 0.29) is 6.61 Å². The fourth-order valence-corrected chi connectivity index (χ4v) is 3.08. The van der Waals surface area contributed by atoms with Gasteiger partial charge >= 0.3 is 0 Å². The van der Waals surface area contributed by atoms with Crippen molar-refractivity contribution in [3.63, 3.8) is 0 Å². The van der Waals surface area contributed by atoms with Crippen LogP contribution in [0.2, 0.25) is 5.02 Å². The minimum Gasteiger partial charge on any atom is -0.391 e. The topological polar surface area (TPSA) is 33.1 Å². The zero-order chi connectivity index (χ0) is 11.7. The van der Waals surface area contributed by atoms with Crippen LogP contribution in [0.5, 0.6) is 0 Å². The Morgan fingerprint density at radius 2 is 2.25 bits per heavy atom. The summed E-state index contributed by atoms with van der Waals surface area (Å²) in [5.74, 6) is 0. The molecule has 0 radical (unpaired) electrons. The largest absolute Gasteiger partial charge is 0.391 e. The Hall–Kier alpha value is -0.420. The van der Waals surface area contributed by atoms with E-state index in [1.807, 2.05) is 25.1 Å². The molecule has 0 spiro atoms. The van der Waals surface area contributed by atoms with Gasteiger partial charge in [-0.1, -0.05) is 17.7 Å². The number of aliphatic hydroxyl groups excluding tert-OH is 1. The summed E-state index contributed by atoms with van der Waals surface area (Å²) in [6.45, 7) is 1.99. The molecule has 5 heteroatoms. The fraction of sp³-hybridized carbons (Fsp3) is 0.182. The minimum atomic E-state index is -0.00937. The molecule has 1 N–H and O–H groups in total. The van der Waals surface area contributed by atoms with Crippen molar-refractivity contribution in [2.45, 2.75) is 13.5 Å². The molecule has 16 heavy (non-hydrogen) atoms. The number of aryl methyl sites for hydroxylation is 1. The second-order valence-electron chi connectivity index (χ2n) is 3.36. The number of benzene rings is 1. The lowest BCUT2D eigenvalue weighted by Gasteiger charge is -2.05. The first kappa shape index (κ1) is 12.0. The van der Waals surface area contributed by atoms with Gasteiger partial charge in [-0.25, -0.2) is 4.98 Å². The molecule has 0 fully saturated rings. The number of aliphatic hydroxyl groups is 1. The standard InChI is InChI=1S/C11H9BrClNOS/c1-6-2-3-7(13)4-8(6)10-9(5-15)16-11(12)14-10/h2-4,15H,5H2,1H3. The van der Waals surface area contributed by atoms with E-state index < -0.39 is 0 Å². The molecule has 2 rings (SSSR count). The third-order valence-electron chi connectivity index (χ3n) is 2.27. The monoisotopic (exact) mass is 317 g/mol. The average Bonchev–Trinajstić information content (AvgIpc) is 2.63. The van der Waals surface area contributed by atoms with Gasteiger partial charge in [-0.3, -0.25) is 0 Å². The third kappa shape index (κ3) is 2.30. The van der Waals surface area contributed by atoms with Crippen LogP contribution in [0.25, 0.3) is 11.3 Å². The quantitative estimate of drug-likeness (QED) is 0.907. The van der Waals surface area contributed by atoms with Gasteiger partial charge in [-0.2, -0.15) is 0 Å². The average molecular weight is 319 g/mol. The second-order valence-corrected chi connectivity index (χ2v) is 6.15. The van der Waals surface area contributed by atoms with E-state index in [0.717, 1.165) is 25.6 Å². The van der Waals surface area contributed by atoms with Crippen LogP contribution in [-0.2, 0) is 6.61 Å². The van der Waals surface area contributed by atoms with Crippen molar-refractivity contribution in [1.29, 1.82) is 0 Å². The predicted octanol–water partition coefficient (Wildman–Crippen LogP) is 4.03. The molecule has 1 heterocycles. The Morgan fingerprint density at radius 3 is 2.94 bits per heavy atom. The van der Waals surface area contributed by atoms with Crippen molar-refractivity contribution in [2.24, 2.45) is 0 Å². The maximum atomic E-state index is 9.27. The maximum Gasteiger partial charge on any atom is 0.160 e. The van der Waals surface area contributed by atoms with Gasteiger partial charge in [0.15, 0.2) is 3.92 Å². The zero-order valence-corrected chi connectivity index (χ0v) is 11.7. The molecule has 1 aromatic carbocycles. The van der Waals surface area contributed by atoms with E-state index in [2.05, 4.69) is 20.9 Å². The Bertz CT molecular complexity index is 527. The summed E-state index contributed by atoms with van der Waals surface area (Å²) in [6.07, 6.45) is 0. The first-order valence-electron chi connectivity index (χ1n) is 4.64. The van der Waals surface area contributed by atoms with Gasteiger partial charge in [0.2, 0.25) is 0 Å². The number of rotatable bonds is 2. The molecule has 2 nitrogen and oxygen atoms in total. The number of thiazole rings is 1. The lowest BCUT2D eigenvalue weighted by Crippen LogP contribution is -1.88. The summed E-state index contributed by atoms with van der Waals surface area (Å²) in [7, 11) is 0. The van der Waals surface area contributed by atoms with Gasteiger partial charge < -0.3 is 5.11 Å². The van der Waals surface area contributed by atoms with Crippen LogP contribution >= 0.6 is 38.9 Å². The molecule has 0 bridgehead atoms. The highest BCUT2D eigenvalue weighted by Crippen LogP contribution is 2.34. The molecule has 0 amide bonds. The highest BCUT2D eigenvalue weighted by Gasteiger charge is 2.13. The Kier molecular flexibility index (Phi) is 3.64. The van der Waals surface area contributed by atoms with Crippen LogP contribution in [0, 0.1) is 6.92 Å². The molecule has 0 atom stereocenters. The first-order valence-corrected chi connectivity index (χ1v) is 6.63. The molecule has 0 saturated carbocycles. The Morgan fingerprint density at radius 1 is 1.50 bits per heavy atom. The lowest BCUT2D eigenvalue weighted by molar-refractivity contribution is 0.286.